The molecule has 2 rings (SSSR count). The number of rotatable bonds is 9. The Morgan fingerprint density at radius 3 is 2.89 bits per heavy atom. The summed E-state index contributed by atoms with van der Waals surface area (Å²) in [6.07, 6.45) is 3.76. The predicted molar refractivity (Wildman–Crippen MR) is 102 cm³/mol. The number of hydrogen-bond donors (Lipinski definition) is 4. The van der Waals surface area contributed by atoms with Crippen LogP contribution in [0.4, 0.5) is 0 Å². The van der Waals surface area contributed by atoms with Gasteiger partial charge in [0.1, 0.15) is 0 Å². The molecule has 0 aromatic carbocycles. The molecule has 148 valence electrons. The van der Waals surface area contributed by atoms with Crippen LogP contribution in [0.25, 0.3) is 0 Å². The van der Waals surface area contributed by atoms with Crippen molar-refractivity contribution < 1.29 is 14.4 Å². The Morgan fingerprint density at radius 2 is 2.22 bits per heavy atom. The molecule has 0 bridgehead atoms. The Balaban J connectivity index is 1.97. The molecule has 27 heavy (non-hydrogen) atoms. The van der Waals surface area contributed by atoms with Gasteiger partial charge in [0.15, 0.2) is 11.0 Å². The van der Waals surface area contributed by atoms with Crippen molar-refractivity contribution in [3.05, 3.63) is 16.6 Å². The molecule has 0 saturated carbocycles. The monoisotopic (exact) mass is 395 g/mol. The van der Waals surface area contributed by atoms with Crippen molar-refractivity contribution in [3.63, 3.8) is 0 Å². The highest BCUT2D eigenvalue weighted by Crippen LogP contribution is 2.12. The number of hydrogen-bond acceptors (Lipinski definition) is 7. The summed E-state index contributed by atoms with van der Waals surface area (Å²) in [6.45, 7) is 0.705. The Morgan fingerprint density at radius 1 is 1.44 bits per heavy atom. The normalized spacial score (nSPS) is 18.0. The molecule has 0 spiro atoms. The van der Waals surface area contributed by atoms with Gasteiger partial charge in [-0.1, -0.05) is 0 Å². The lowest BCUT2D eigenvalue weighted by atomic mass is 10.1. The van der Waals surface area contributed by atoms with Gasteiger partial charge in [0.05, 0.1) is 18.6 Å². The Hall–Kier alpha value is -2.53. The summed E-state index contributed by atoms with van der Waals surface area (Å²) >= 11 is 1.21. The molecule has 2 atom stereocenters. The summed E-state index contributed by atoms with van der Waals surface area (Å²) in [4.78, 5) is 46.4. The van der Waals surface area contributed by atoms with Gasteiger partial charge < -0.3 is 27.4 Å². The number of ketones is 1. The number of nitrogens with two attached hydrogens (primary N) is 3. The third-order valence-corrected chi connectivity index (χ3v) is 4.93. The number of piperidine rings is 1. The van der Waals surface area contributed by atoms with Crippen molar-refractivity contribution in [1.82, 2.24) is 15.2 Å². The number of aromatic nitrogens is 1. The van der Waals surface area contributed by atoms with Gasteiger partial charge in [0.25, 0.3) is 0 Å². The van der Waals surface area contributed by atoms with Gasteiger partial charge >= 0.3 is 0 Å². The lowest BCUT2D eigenvalue weighted by Gasteiger charge is -2.30. The van der Waals surface area contributed by atoms with E-state index in [9.17, 15) is 14.4 Å². The fraction of sp³-hybridized carbons (Fsp3) is 0.562. The molecule has 11 heteroatoms. The summed E-state index contributed by atoms with van der Waals surface area (Å²) in [7, 11) is 0. The smallest absolute Gasteiger partial charge is 0.240 e. The largest absolute Gasteiger partial charge is 0.370 e. The number of guanidine groups is 1. The third-order valence-electron chi connectivity index (χ3n) is 4.15. The number of nitrogens with zero attached hydrogens (tertiary/aromatic N) is 3. The second-order valence-electron chi connectivity index (χ2n) is 6.28. The molecule has 2 amide bonds. The maximum Gasteiger partial charge on any atom is 0.240 e. The number of aliphatic imine (C=N–C) groups is 1. The standard InChI is InChI=1S/C16H25N7O3S/c17-10-3-2-7-23(15(10)26)9-12(24)22-11(4-1-5-21-16(18)19)13(25)14-20-6-8-27-14/h6,8,10-11H,1-5,7,9,17H2,(H,22,24)(H4,18,19,21)/t10?,11-/m0/s1. The van der Waals surface area contributed by atoms with Crippen molar-refractivity contribution in [3.8, 4) is 0 Å². The van der Waals surface area contributed by atoms with E-state index in [2.05, 4.69) is 15.3 Å². The highest BCUT2D eigenvalue weighted by atomic mass is 32.1. The van der Waals surface area contributed by atoms with Gasteiger partial charge in [0.2, 0.25) is 17.6 Å². The van der Waals surface area contributed by atoms with Crippen LogP contribution in [0.3, 0.4) is 0 Å². The molecule has 1 fully saturated rings. The minimum Gasteiger partial charge on any atom is -0.370 e. The molecule has 1 saturated heterocycles. The Bertz CT molecular complexity index is 688. The maximum atomic E-state index is 12.6. The van der Waals surface area contributed by atoms with E-state index in [-0.39, 0.29) is 24.2 Å². The quantitative estimate of drug-likeness (QED) is 0.176. The van der Waals surface area contributed by atoms with Crippen molar-refractivity contribution in [2.24, 2.45) is 22.2 Å². The lowest BCUT2D eigenvalue weighted by molar-refractivity contribution is -0.139. The topological polar surface area (TPSA) is 170 Å². The highest BCUT2D eigenvalue weighted by molar-refractivity contribution is 7.11. The summed E-state index contributed by atoms with van der Waals surface area (Å²) in [6, 6.07) is -1.33. The molecule has 1 unspecified atom stereocenters. The molecular weight excluding hydrogens is 370 g/mol. The number of likely N-dealkylation sites (tertiary alicyclic amines) is 1. The van der Waals surface area contributed by atoms with Crippen LogP contribution in [0.5, 0.6) is 0 Å². The van der Waals surface area contributed by atoms with Crippen molar-refractivity contribution in [2.45, 2.75) is 37.8 Å². The highest BCUT2D eigenvalue weighted by Gasteiger charge is 2.29. The summed E-state index contributed by atoms with van der Waals surface area (Å²) in [5.74, 6) is -0.951. The predicted octanol–water partition coefficient (Wildman–Crippen LogP) is -1.19. The van der Waals surface area contributed by atoms with E-state index < -0.39 is 18.0 Å². The van der Waals surface area contributed by atoms with Gasteiger partial charge in [-0.25, -0.2) is 4.98 Å². The summed E-state index contributed by atoms with van der Waals surface area (Å²) < 4.78 is 0. The van der Waals surface area contributed by atoms with Crippen LogP contribution < -0.4 is 22.5 Å². The molecule has 1 aromatic rings. The second-order valence-corrected chi connectivity index (χ2v) is 7.17. The van der Waals surface area contributed by atoms with Crippen LogP contribution in [0.2, 0.25) is 0 Å². The molecule has 1 aromatic heterocycles. The van der Waals surface area contributed by atoms with Gasteiger partial charge in [-0.15, -0.1) is 11.3 Å². The molecule has 7 N–H and O–H groups in total. The van der Waals surface area contributed by atoms with E-state index in [0.29, 0.717) is 37.4 Å². The van der Waals surface area contributed by atoms with Gasteiger partial charge in [-0.3, -0.25) is 19.4 Å². The second kappa shape index (κ2) is 9.97. The maximum absolute atomic E-state index is 12.6. The van der Waals surface area contributed by atoms with E-state index >= 15 is 0 Å². The van der Waals surface area contributed by atoms with Crippen LogP contribution in [0, 0.1) is 0 Å². The van der Waals surface area contributed by atoms with Crippen molar-refractivity contribution >= 4 is 34.9 Å². The number of carbonyl (C=O) groups excluding carboxylic acids is 3. The minimum atomic E-state index is -0.758. The molecule has 10 nitrogen and oxygen atoms in total. The zero-order valence-corrected chi connectivity index (χ0v) is 15.8. The first-order chi connectivity index (χ1) is 12.9. The van der Waals surface area contributed by atoms with Crippen LogP contribution in [0.1, 0.15) is 35.5 Å². The number of nitrogens with one attached hydrogen (secondary N) is 1. The third kappa shape index (κ3) is 6.29. The zero-order valence-electron chi connectivity index (χ0n) is 15.0. The van der Waals surface area contributed by atoms with E-state index in [0.717, 1.165) is 6.42 Å². The van der Waals surface area contributed by atoms with E-state index in [1.54, 1.807) is 5.38 Å². The Labute approximate surface area is 161 Å². The van der Waals surface area contributed by atoms with Crippen LogP contribution in [-0.4, -0.2) is 65.2 Å². The molecule has 1 aliphatic rings. The average Bonchev–Trinajstić information content (AvgIpc) is 3.15. The van der Waals surface area contributed by atoms with Gasteiger partial charge in [-0.2, -0.15) is 0 Å². The number of carbonyl (C=O) groups is 3. The molecular formula is C16H25N7O3S. The van der Waals surface area contributed by atoms with Gasteiger partial charge in [-0.05, 0) is 25.7 Å². The fourth-order valence-electron chi connectivity index (χ4n) is 2.81. The van der Waals surface area contributed by atoms with E-state index in [1.165, 1.54) is 22.4 Å². The fourth-order valence-corrected chi connectivity index (χ4v) is 3.44. The summed E-state index contributed by atoms with van der Waals surface area (Å²) in [5, 5.41) is 4.72. The summed E-state index contributed by atoms with van der Waals surface area (Å²) in [5.41, 5.74) is 16.3. The van der Waals surface area contributed by atoms with Crippen molar-refractivity contribution in [1.29, 1.82) is 0 Å². The van der Waals surface area contributed by atoms with Crippen molar-refractivity contribution in [2.75, 3.05) is 19.6 Å². The zero-order chi connectivity index (χ0) is 19.8. The van der Waals surface area contributed by atoms with Gasteiger partial charge in [0, 0.05) is 24.7 Å². The van der Waals surface area contributed by atoms with Crippen LogP contribution in [0.15, 0.2) is 16.6 Å². The van der Waals surface area contributed by atoms with E-state index in [4.69, 9.17) is 17.2 Å². The number of amides is 2. The molecule has 0 aliphatic carbocycles. The molecule has 1 aliphatic heterocycles. The van der Waals surface area contributed by atoms with Crippen LogP contribution in [-0.2, 0) is 9.59 Å². The molecule has 2 heterocycles. The van der Waals surface area contributed by atoms with E-state index in [1.807, 2.05) is 0 Å². The number of Topliss-reactive ketones (excluding diaryl/α,β-unsaturated/α-hetero) is 1. The SMILES string of the molecule is NC(N)=NCCC[C@H](NC(=O)CN1CCCC(N)C1=O)C(=O)c1nccs1. The lowest BCUT2D eigenvalue weighted by Crippen LogP contribution is -2.53. The minimum absolute atomic E-state index is 0.0261. The van der Waals surface area contributed by atoms with Crippen LogP contribution >= 0.6 is 11.3 Å². The first-order valence-corrected chi connectivity index (χ1v) is 9.59. The first-order valence-electron chi connectivity index (χ1n) is 8.71. The molecule has 0 radical (unpaired) electrons. The first kappa shape index (κ1) is 20.8. The average molecular weight is 395 g/mol. The Kier molecular flexibility index (Phi) is 7.67. The number of thiazole rings is 1.